The van der Waals surface area contributed by atoms with Crippen molar-refractivity contribution in [2.75, 3.05) is 13.7 Å². The number of aliphatic hydroxyl groups is 1. The van der Waals surface area contributed by atoms with Crippen LogP contribution in [-0.2, 0) is 6.61 Å². The predicted octanol–water partition coefficient (Wildman–Crippen LogP) is 2.76. The van der Waals surface area contributed by atoms with Gasteiger partial charge in [-0.25, -0.2) is 4.39 Å². The molecule has 21 heavy (non-hydrogen) atoms. The second-order valence-corrected chi connectivity index (χ2v) is 4.23. The van der Waals surface area contributed by atoms with Gasteiger partial charge in [-0.2, -0.15) is 0 Å². The number of hydrogen-bond donors (Lipinski definition) is 1. The lowest BCUT2D eigenvalue weighted by Crippen LogP contribution is -1.99. The van der Waals surface area contributed by atoms with E-state index in [1.165, 1.54) is 12.1 Å². The third-order valence-electron chi connectivity index (χ3n) is 2.81. The van der Waals surface area contributed by atoms with Crippen molar-refractivity contribution in [3.8, 4) is 23.3 Å². The molecule has 0 unspecified atom stereocenters. The summed E-state index contributed by atoms with van der Waals surface area (Å²) in [6.07, 6.45) is 0. The van der Waals surface area contributed by atoms with E-state index in [0.29, 0.717) is 17.1 Å². The molecule has 0 aliphatic carbocycles. The average molecular weight is 286 g/mol. The Kier molecular flexibility index (Phi) is 5.19. The summed E-state index contributed by atoms with van der Waals surface area (Å²) < 4.78 is 24.0. The fourth-order valence-electron chi connectivity index (χ4n) is 1.78. The third-order valence-corrected chi connectivity index (χ3v) is 2.81. The van der Waals surface area contributed by atoms with E-state index >= 15 is 0 Å². The summed E-state index contributed by atoms with van der Waals surface area (Å²) in [4.78, 5) is 0. The molecule has 4 heteroatoms. The van der Waals surface area contributed by atoms with Gasteiger partial charge in [0.2, 0.25) is 0 Å². The average Bonchev–Trinajstić information content (AvgIpc) is 2.52. The van der Waals surface area contributed by atoms with Gasteiger partial charge in [0, 0.05) is 17.2 Å². The highest BCUT2D eigenvalue weighted by molar-refractivity contribution is 5.42. The first-order valence-corrected chi connectivity index (χ1v) is 6.38. The molecular formula is C17H15FO3. The van der Waals surface area contributed by atoms with E-state index in [1.54, 1.807) is 19.2 Å². The topological polar surface area (TPSA) is 38.7 Å². The summed E-state index contributed by atoms with van der Waals surface area (Å²) in [5, 5.41) is 8.74. The molecule has 1 N–H and O–H groups in total. The third kappa shape index (κ3) is 4.23. The Balaban J connectivity index is 2.15. The molecule has 0 saturated heterocycles. The van der Waals surface area contributed by atoms with Crippen molar-refractivity contribution in [3.05, 3.63) is 59.4 Å². The fraction of sp³-hybridized carbons (Fsp3) is 0.176. The molecule has 0 atom stereocenters. The van der Waals surface area contributed by atoms with E-state index < -0.39 is 0 Å². The van der Waals surface area contributed by atoms with E-state index in [-0.39, 0.29) is 19.0 Å². The van der Waals surface area contributed by atoms with Gasteiger partial charge in [-0.05, 0) is 24.3 Å². The van der Waals surface area contributed by atoms with Gasteiger partial charge < -0.3 is 14.6 Å². The van der Waals surface area contributed by atoms with E-state index in [4.69, 9.17) is 14.6 Å². The molecule has 2 rings (SSSR count). The second kappa shape index (κ2) is 7.32. The number of ether oxygens (including phenoxy) is 2. The van der Waals surface area contributed by atoms with Crippen molar-refractivity contribution in [2.45, 2.75) is 6.61 Å². The number of methoxy groups -OCH3 is 1. The van der Waals surface area contributed by atoms with Gasteiger partial charge in [0.15, 0.2) is 0 Å². The van der Waals surface area contributed by atoms with Crippen molar-refractivity contribution in [1.29, 1.82) is 0 Å². The number of rotatable bonds is 4. The van der Waals surface area contributed by atoms with E-state index in [9.17, 15) is 4.39 Å². The Morgan fingerprint density at radius 3 is 2.71 bits per heavy atom. The largest absolute Gasteiger partial charge is 0.497 e. The van der Waals surface area contributed by atoms with Gasteiger partial charge in [0.25, 0.3) is 0 Å². The van der Waals surface area contributed by atoms with Gasteiger partial charge in [-0.1, -0.05) is 24.0 Å². The van der Waals surface area contributed by atoms with Crippen molar-refractivity contribution >= 4 is 0 Å². The Bertz CT molecular complexity index is 671. The van der Waals surface area contributed by atoms with Crippen LogP contribution in [0.15, 0.2) is 42.5 Å². The lowest BCUT2D eigenvalue weighted by atomic mass is 10.1. The zero-order chi connectivity index (χ0) is 15.1. The number of hydrogen-bond acceptors (Lipinski definition) is 3. The SMILES string of the molecule is COc1cccc(OCc2ccc(F)cc2C#CCO)c1. The van der Waals surface area contributed by atoms with Crippen LogP contribution >= 0.6 is 0 Å². The van der Waals surface area contributed by atoms with Crippen LogP contribution in [0.5, 0.6) is 11.5 Å². The van der Waals surface area contributed by atoms with Gasteiger partial charge in [-0.3, -0.25) is 0 Å². The minimum Gasteiger partial charge on any atom is -0.497 e. The summed E-state index contributed by atoms with van der Waals surface area (Å²) >= 11 is 0. The summed E-state index contributed by atoms with van der Waals surface area (Å²) in [7, 11) is 1.58. The quantitative estimate of drug-likeness (QED) is 0.878. The Morgan fingerprint density at radius 1 is 1.14 bits per heavy atom. The molecule has 0 aliphatic rings. The highest BCUT2D eigenvalue weighted by Gasteiger charge is 2.04. The first-order valence-electron chi connectivity index (χ1n) is 6.38. The standard InChI is InChI=1S/C17H15FO3/c1-20-16-5-2-6-17(11-16)21-12-14-7-8-15(18)10-13(14)4-3-9-19/h2,5-8,10-11,19H,9,12H2,1H3. The molecule has 0 aromatic heterocycles. The maximum absolute atomic E-state index is 13.2. The van der Waals surface area contributed by atoms with E-state index in [2.05, 4.69) is 11.8 Å². The normalized spacial score (nSPS) is 9.67. The van der Waals surface area contributed by atoms with Crippen LogP contribution in [0.2, 0.25) is 0 Å². The van der Waals surface area contributed by atoms with E-state index in [0.717, 1.165) is 5.56 Å². The Labute approximate surface area is 122 Å². The molecule has 2 aromatic rings. The van der Waals surface area contributed by atoms with Crippen LogP contribution in [0.1, 0.15) is 11.1 Å². The maximum atomic E-state index is 13.2. The smallest absolute Gasteiger partial charge is 0.124 e. The van der Waals surface area contributed by atoms with Gasteiger partial charge >= 0.3 is 0 Å². The number of benzene rings is 2. The molecule has 0 radical (unpaired) electrons. The van der Waals surface area contributed by atoms with Crippen molar-refractivity contribution < 1.29 is 19.0 Å². The van der Waals surface area contributed by atoms with Crippen molar-refractivity contribution in [1.82, 2.24) is 0 Å². The number of aliphatic hydroxyl groups excluding tert-OH is 1. The van der Waals surface area contributed by atoms with E-state index in [1.807, 2.05) is 18.2 Å². The maximum Gasteiger partial charge on any atom is 0.124 e. The molecule has 0 saturated carbocycles. The molecule has 3 nitrogen and oxygen atoms in total. The van der Waals surface area contributed by atoms with Crippen LogP contribution < -0.4 is 9.47 Å². The highest BCUT2D eigenvalue weighted by Crippen LogP contribution is 2.21. The van der Waals surface area contributed by atoms with Crippen LogP contribution in [0.4, 0.5) is 4.39 Å². The van der Waals surface area contributed by atoms with Crippen molar-refractivity contribution in [2.24, 2.45) is 0 Å². The van der Waals surface area contributed by atoms with Crippen LogP contribution in [0.25, 0.3) is 0 Å². The van der Waals surface area contributed by atoms with Gasteiger partial charge in [0.1, 0.15) is 30.5 Å². The minimum absolute atomic E-state index is 0.253. The zero-order valence-corrected chi connectivity index (χ0v) is 11.6. The van der Waals surface area contributed by atoms with Crippen LogP contribution in [-0.4, -0.2) is 18.8 Å². The molecule has 108 valence electrons. The Morgan fingerprint density at radius 2 is 1.95 bits per heavy atom. The van der Waals surface area contributed by atoms with Gasteiger partial charge in [-0.15, -0.1) is 0 Å². The molecule has 0 spiro atoms. The summed E-state index contributed by atoms with van der Waals surface area (Å²) in [6, 6.07) is 11.5. The van der Waals surface area contributed by atoms with Crippen LogP contribution in [0, 0.1) is 17.7 Å². The highest BCUT2D eigenvalue weighted by atomic mass is 19.1. The molecule has 0 amide bonds. The molecule has 0 aliphatic heterocycles. The van der Waals surface area contributed by atoms with Crippen molar-refractivity contribution in [3.63, 3.8) is 0 Å². The summed E-state index contributed by atoms with van der Waals surface area (Å²) in [6.45, 7) is -0.0183. The molecule has 0 fully saturated rings. The molecular weight excluding hydrogens is 271 g/mol. The molecule has 2 aromatic carbocycles. The Hall–Kier alpha value is -2.51. The summed E-state index contributed by atoms with van der Waals surface area (Å²) in [5.74, 6) is 6.21. The molecule has 0 heterocycles. The van der Waals surface area contributed by atoms with Crippen LogP contribution in [0.3, 0.4) is 0 Å². The minimum atomic E-state index is -0.373. The molecule has 0 bridgehead atoms. The lowest BCUT2D eigenvalue weighted by molar-refractivity contribution is 0.303. The zero-order valence-electron chi connectivity index (χ0n) is 11.6. The first-order chi connectivity index (χ1) is 10.2. The van der Waals surface area contributed by atoms with Gasteiger partial charge in [0.05, 0.1) is 7.11 Å². The predicted molar refractivity (Wildman–Crippen MR) is 77.7 cm³/mol. The lowest BCUT2D eigenvalue weighted by Gasteiger charge is -2.09. The number of halogens is 1. The monoisotopic (exact) mass is 286 g/mol. The fourth-order valence-corrected chi connectivity index (χ4v) is 1.78. The second-order valence-electron chi connectivity index (χ2n) is 4.23. The summed E-state index contributed by atoms with van der Waals surface area (Å²) in [5.41, 5.74) is 1.26. The first kappa shape index (κ1) is 14.9.